The number of benzene rings is 1. The van der Waals surface area contributed by atoms with Crippen LogP contribution in [0.3, 0.4) is 0 Å². The molecule has 12 heteroatoms. The number of hydrogen-bond acceptors (Lipinski definition) is 8. The molecule has 182 valence electrons. The first-order valence-electron chi connectivity index (χ1n) is 10.7. The highest BCUT2D eigenvalue weighted by atomic mass is 32.2. The van der Waals surface area contributed by atoms with Crippen LogP contribution in [0.25, 0.3) is 0 Å². The average molecular weight is 500 g/mol. The van der Waals surface area contributed by atoms with Gasteiger partial charge in [0.15, 0.2) is 0 Å². The Morgan fingerprint density at radius 3 is 2.48 bits per heavy atom. The Kier molecular flexibility index (Phi) is 7.83. The zero-order valence-corrected chi connectivity index (χ0v) is 20.5. The summed E-state index contributed by atoms with van der Waals surface area (Å²) in [7, 11) is -7.97. The molecule has 10 nitrogen and oxygen atoms in total. The molecule has 0 spiro atoms. The van der Waals surface area contributed by atoms with E-state index < -0.39 is 26.0 Å². The van der Waals surface area contributed by atoms with Crippen LogP contribution in [0.4, 0.5) is 5.69 Å². The predicted octanol–water partition coefficient (Wildman–Crippen LogP) is 2.11. The van der Waals surface area contributed by atoms with Gasteiger partial charge in [0, 0.05) is 13.0 Å². The Morgan fingerprint density at radius 1 is 1.21 bits per heavy atom. The number of nitrogens with zero attached hydrogens (tertiary/aromatic N) is 2. The Morgan fingerprint density at radius 2 is 1.94 bits per heavy atom. The fourth-order valence-corrected chi connectivity index (χ4v) is 6.45. The maximum atomic E-state index is 13.3. The molecule has 2 heterocycles. The van der Waals surface area contributed by atoms with E-state index in [2.05, 4.69) is 9.62 Å². The van der Waals surface area contributed by atoms with E-state index in [9.17, 15) is 21.6 Å². The van der Waals surface area contributed by atoms with Gasteiger partial charge < -0.3 is 9.15 Å². The van der Waals surface area contributed by atoms with Crippen molar-refractivity contribution >= 4 is 31.6 Å². The molecular weight excluding hydrogens is 470 g/mol. The minimum Gasteiger partial charge on any atom is -0.492 e. The molecule has 1 aromatic carbocycles. The van der Waals surface area contributed by atoms with Crippen molar-refractivity contribution in [3.63, 3.8) is 0 Å². The predicted molar refractivity (Wildman–Crippen MR) is 123 cm³/mol. The molecule has 2 aromatic rings. The van der Waals surface area contributed by atoms with E-state index in [4.69, 9.17) is 9.15 Å². The number of amides is 1. The van der Waals surface area contributed by atoms with Gasteiger partial charge in [-0.2, -0.15) is 0 Å². The second-order valence-corrected chi connectivity index (χ2v) is 11.1. The first-order valence-corrected chi connectivity index (χ1v) is 13.8. The normalized spacial score (nSPS) is 17.0. The second-order valence-electron chi connectivity index (χ2n) is 7.39. The van der Waals surface area contributed by atoms with Crippen molar-refractivity contribution in [1.82, 2.24) is 9.62 Å². The molecule has 1 fully saturated rings. The quantitative estimate of drug-likeness (QED) is 0.498. The van der Waals surface area contributed by atoms with Gasteiger partial charge in [0.2, 0.25) is 26.0 Å². The maximum Gasteiger partial charge on any atom is 0.244 e. The number of carbonyl (C=O) groups excluding carboxylic acids is 1. The molecule has 1 unspecified atom stereocenters. The molecule has 0 saturated carbocycles. The number of sulfonamides is 2. The lowest BCUT2D eigenvalue weighted by molar-refractivity contribution is -0.116. The van der Waals surface area contributed by atoms with Gasteiger partial charge in [-0.15, -0.1) is 0 Å². The Hall–Kier alpha value is -2.41. The highest BCUT2D eigenvalue weighted by Crippen LogP contribution is 2.33. The highest BCUT2D eigenvalue weighted by molar-refractivity contribution is 7.94. The number of furan rings is 1. The third kappa shape index (κ3) is 5.40. The number of carbonyl (C=O) groups is 1. The van der Waals surface area contributed by atoms with E-state index in [1.54, 1.807) is 19.1 Å². The minimum absolute atomic E-state index is 0.0221. The van der Waals surface area contributed by atoms with Gasteiger partial charge in [-0.25, -0.2) is 25.9 Å². The lowest BCUT2D eigenvalue weighted by Crippen LogP contribution is -2.38. The van der Waals surface area contributed by atoms with Gasteiger partial charge in [0.05, 0.1) is 30.4 Å². The largest absolute Gasteiger partial charge is 0.492 e. The third-order valence-corrected chi connectivity index (χ3v) is 8.56. The fraction of sp³-hybridized carbons (Fsp3) is 0.476. The molecule has 1 aliphatic heterocycles. The summed E-state index contributed by atoms with van der Waals surface area (Å²) < 4.78 is 65.6. The number of hydrogen-bond donors (Lipinski definition) is 1. The molecule has 3 rings (SSSR count). The van der Waals surface area contributed by atoms with E-state index in [1.807, 2.05) is 13.8 Å². The van der Waals surface area contributed by atoms with Gasteiger partial charge in [-0.05, 0) is 50.3 Å². The lowest BCUT2D eigenvalue weighted by Gasteiger charge is -2.28. The summed E-state index contributed by atoms with van der Waals surface area (Å²) in [5, 5.41) is 0. The third-order valence-electron chi connectivity index (χ3n) is 5.42. The number of rotatable bonds is 11. The van der Waals surface area contributed by atoms with Crippen LogP contribution in [-0.2, 0) is 24.8 Å². The van der Waals surface area contributed by atoms with Crippen LogP contribution in [0.5, 0.6) is 5.75 Å². The summed E-state index contributed by atoms with van der Waals surface area (Å²) >= 11 is 0. The van der Waals surface area contributed by atoms with Crippen molar-refractivity contribution < 1.29 is 30.8 Å². The van der Waals surface area contributed by atoms with Crippen LogP contribution in [-0.4, -0.2) is 59.6 Å². The molecule has 0 aliphatic carbocycles. The lowest BCUT2D eigenvalue weighted by atomic mass is 10.2. The average Bonchev–Trinajstić information content (AvgIpc) is 3.39. The van der Waals surface area contributed by atoms with E-state index in [0.29, 0.717) is 23.2 Å². The molecule has 1 aromatic heterocycles. The Balaban J connectivity index is 1.96. The van der Waals surface area contributed by atoms with Crippen molar-refractivity contribution in [3.05, 3.63) is 42.4 Å². The van der Waals surface area contributed by atoms with Gasteiger partial charge >= 0.3 is 0 Å². The standard InChI is InChI=1S/C21H29N3O7S2/c1-4-23(5-2)17(18-8-7-12-31-18)15-22-33(28,29)20-14-16(9-10-19(20)30-6-3)24-21(25)11-13-32(24,26)27/h7-10,12,14,17,22H,4-6,11,13,15H2,1-3H3. The monoisotopic (exact) mass is 499 g/mol. The first kappa shape index (κ1) is 25.2. The van der Waals surface area contributed by atoms with E-state index >= 15 is 0 Å². The summed E-state index contributed by atoms with van der Waals surface area (Å²) in [6, 6.07) is 7.07. The molecule has 1 atom stereocenters. The molecule has 0 radical (unpaired) electrons. The van der Waals surface area contributed by atoms with Gasteiger partial charge in [0.1, 0.15) is 16.4 Å². The number of anilines is 1. The smallest absolute Gasteiger partial charge is 0.244 e. The Labute approximate surface area is 194 Å². The maximum absolute atomic E-state index is 13.3. The van der Waals surface area contributed by atoms with Crippen molar-refractivity contribution in [1.29, 1.82) is 0 Å². The molecule has 1 saturated heterocycles. The summed E-state index contributed by atoms with van der Waals surface area (Å²) in [5.74, 6) is -0.229. The van der Waals surface area contributed by atoms with Crippen molar-refractivity contribution in [2.24, 2.45) is 0 Å². The van der Waals surface area contributed by atoms with Crippen molar-refractivity contribution in [2.45, 2.75) is 38.1 Å². The molecular formula is C21H29N3O7S2. The van der Waals surface area contributed by atoms with Gasteiger partial charge in [-0.3, -0.25) is 9.69 Å². The van der Waals surface area contributed by atoms with Crippen LogP contribution in [0.15, 0.2) is 45.9 Å². The van der Waals surface area contributed by atoms with E-state index in [1.165, 1.54) is 18.4 Å². The highest BCUT2D eigenvalue weighted by Gasteiger charge is 2.37. The summed E-state index contributed by atoms with van der Waals surface area (Å²) in [6.07, 6.45) is 1.38. The fourth-order valence-electron chi connectivity index (χ4n) is 3.80. The topological polar surface area (TPSA) is 126 Å². The van der Waals surface area contributed by atoms with Crippen LogP contribution in [0, 0.1) is 0 Å². The van der Waals surface area contributed by atoms with Gasteiger partial charge in [-0.1, -0.05) is 13.8 Å². The van der Waals surface area contributed by atoms with E-state index in [-0.39, 0.29) is 47.7 Å². The SMILES string of the molecule is CCOc1ccc(N2C(=O)CCS2(=O)=O)cc1S(=O)(=O)NCC(c1ccco1)N(CC)CC. The zero-order chi connectivity index (χ0) is 24.2. The number of nitrogens with one attached hydrogen (secondary N) is 1. The first-order chi connectivity index (χ1) is 15.6. The van der Waals surface area contributed by atoms with Crippen LogP contribution < -0.4 is 13.8 Å². The van der Waals surface area contributed by atoms with Crippen LogP contribution in [0.1, 0.15) is 39.0 Å². The number of likely N-dealkylation sites (N-methyl/N-ethyl adjacent to an activating group) is 1. The molecule has 1 amide bonds. The summed E-state index contributed by atoms with van der Waals surface area (Å²) in [6.45, 7) is 7.23. The summed E-state index contributed by atoms with van der Waals surface area (Å²) in [5.41, 5.74) is -0.0346. The molecule has 1 N–H and O–H groups in total. The van der Waals surface area contributed by atoms with Crippen LogP contribution >= 0.6 is 0 Å². The second kappa shape index (κ2) is 10.2. The summed E-state index contributed by atoms with van der Waals surface area (Å²) in [4.78, 5) is 14.0. The van der Waals surface area contributed by atoms with Crippen molar-refractivity contribution in [2.75, 3.05) is 36.3 Å². The molecule has 0 bridgehead atoms. The van der Waals surface area contributed by atoms with Crippen molar-refractivity contribution in [3.8, 4) is 5.75 Å². The molecule has 1 aliphatic rings. The zero-order valence-electron chi connectivity index (χ0n) is 18.9. The number of ether oxygens (including phenoxy) is 1. The van der Waals surface area contributed by atoms with Gasteiger partial charge in [0.25, 0.3) is 0 Å². The minimum atomic E-state index is -4.13. The van der Waals surface area contributed by atoms with E-state index in [0.717, 1.165) is 6.07 Å². The Bertz CT molecular complexity index is 1170. The van der Waals surface area contributed by atoms with Crippen LogP contribution in [0.2, 0.25) is 0 Å². The molecule has 33 heavy (non-hydrogen) atoms.